The number of nitrogens with one attached hydrogen (secondary N) is 3. The smallest absolute Gasteiger partial charge is 0.412 e. The van der Waals surface area contributed by atoms with Crippen LogP contribution in [0.1, 0.15) is 68.5 Å². The molecule has 14 heteroatoms. The van der Waals surface area contributed by atoms with Crippen LogP contribution >= 0.6 is 0 Å². The molecule has 0 aliphatic carbocycles. The third-order valence-corrected chi connectivity index (χ3v) is 8.87. The Kier molecular flexibility index (Phi) is 14.1. The summed E-state index contributed by atoms with van der Waals surface area (Å²) in [6, 6.07) is 33.9. The average molecular weight is 844 g/mol. The first-order chi connectivity index (χ1) is 29.7. The van der Waals surface area contributed by atoms with Crippen LogP contribution in [0.5, 0.6) is 17.2 Å². The van der Waals surface area contributed by atoms with Crippen molar-refractivity contribution in [1.82, 2.24) is 0 Å². The lowest BCUT2D eigenvalue weighted by Crippen LogP contribution is -2.27. The van der Waals surface area contributed by atoms with Crippen molar-refractivity contribution in [1.29, 1.82) is 0 Å². The molecule has 62 heavy (non-hydrogen) atoms. The Bertz CT molecular complexity index is 2540. The van der Waals surface area contributed by atoms with Crippen molar-refractivity contribution in [2.24, 2.45) is 0 Å². The lowest BCUT2D eigenvalue weighted by atomic mass is 10.1. The number of ether oxygens (including phenoxy) is 5. The molecule has 6 aromatic carbocycles. The molecule has 318 valence electrons. The number of anilines is 3. The highest BCUT2D eigenvalue weighted by atomic mass is 19.1. The number of carbonyl (C=O) groups is 4. The van der Waals surface area contributed by atoms with Crippen LogP contribution in [0.2, 0.25) is 0 Å². The zero-order chi connectivity index (χ0) is 44.2. The van der Waals surface area contributed by atoms with E-state index in [4.69, 9.17) is 23.7 Å². The van der Waals surface area contributed by atoms with Crippen molar-refractivity contribution in [2.75, 3.05) is 23.1 Å². The molecular weight excluding hydrogens is 801 g/mol. The highest BCUT2D eigenvalue weighted by molar-refractivity contribution is 6.08. The van der Waals surface area contributed by atoms with Crippen LogP contribution in [-0.4, -0.2) is 36.6 Å². The molecule has 0 atom stereocenters. The van der Waals surface area contributed by atoms with Gasteiger partial charge >= 0.3 is 12.1 Å². The van der Waals surface area contributed by atoms with Gasteiger partial charge in [-0.15, -0.1) is 0 Å². The van der Waals surface area contributed by atoms with Crippen LogP contribution in [0.4, 0.5) is 30.6 Å². The second-order valence-corrected chi connectivity index (χ2v) is 14.8. The predicted molar refractivity (Wildman–Crippen MR) is 229 cm³/mol. The van der Waals surface area contributed by atoms with Crippen LogP contribution in [0.25, 0.3) is 0 Å². The summed E-state index contributed by atoms with van der Waals surface area (Å²) in [7, 11) is 1.24. The number of hydrogen-bond donors (Lipinski definition) is 3. The topological polar surface area (TPSA) is 151 Å². The van der Waals surface area contributed by atoms with Crippen molar-refractivity contribution in [2.45, 2.75) is 46.2 Å². The number of halogens is 2. The first kappa shape index (κ1) is 43.8. The minimum atomic E-state index is -0.761. The lowest BCUT2D eigenvalue weighted by Gasteiger charge is -2.21. The first-order valence-corrected chi connectivity index (χ1v) is 19.3. The number of carbonyl (C=O) groups excluding carboxylic acids is 4. The van der Waals surface area contributed by atoms with Crippen LogP contribution in [0.3, 0.4) is 0 Å². The van der Waals surface area contributed by atoms with Gasteiger partial charge < -0.3 is 34.3 Å². The van der Waals surface area contributed by atoms with E-state index in [1.54, 1.807) is 45.0 Å². The van der Waals surface area contributed by atoms with Crippen LogP contribution < -0.4 is 30.2 Å². The number of esters is 1. The zero-order valence-corrected chi connectivity index (χ0v) is 34.3. The highest BCUT2D eigenvalue weighted by Gasteiger charge is 2.21. The molecule has 0 saturated carbocycles. The zero-order valence-electron chi connectivity index (χ0n) is 34.3. The Morgan fingerprint density at radius 1 is 0.500 bits per heavy atom. The third-order valence-electron chi connectivity index (χ3n) is 8.87. The number of benzene rings is 6. The van der Waals surface area contributed by atoms with Gasteiger partial charge in [-0.2, -0.15) is 0 Å². The van der Waals surface area contributed by atoms with Crippen LogP contribution in [0, 0.1) is 11.6 Å². The summed E-state index contributed by atoms with van der Waals surface area (Å²) < 4.78 is 55.7. The standard InChI is InChI=1S/C48H43F2N3O9/c1-48(2,3)62-47(57)53-40-22-15-34(25-42(40)59-27-30-8-6-5-7-9-30)45(55)51-38-21-14-33(24-41(38)60-28-31-10-17-36(49)18-11-31)44(54)52-39-23-16-35(46(56)58-4)26-43(39)61-29-32-12-19-37(50)20-13-32/h5-26H,27-29H2,1-4H3,(H,51,55)(H,52,54)(H,53,57). The fourth-order valence-electron chi connectivity index (χ4n) is 5.78. The maximum Gasteiger partial charge on any atom is 0.412 e. The number of amides is 3. The summed E-state index contributed by atoms with van der Waals surface area (Å²) in [5, 5.41) is 8.32. The average Bonchev–Trinajstić information content (AvgIpc) is 3.25. The quantitative estimate of drug-likeness (QED) is 0.0858. The minimum Gasteiger partial charge on any atom is -0.487 e. The largest absolute Gasteiger partial charge is 0.487 e. The minimum absolute atomic E-state index is 0.00678. The van der Waals surface area contributed by atoms with E-state index < -0.39 is 41.1 Å². The first-order valence-electron chi connectivity index (χ1n) is 19.3. The van der Waals surface area contributed by atoms with E-state index in [1.165, 1.54) is 86.0 Å². The van der Waals surface area contributed by atoms with Gasteiger partial charge in [0.15, 0.2) is 0 Å². The van der Waals surface area contributed by atoms with Gasteiger partial charge in [0.05, 0.1) is 29.7 Å². The van der Waals surface area contributed by atoms with Crippen molar-refractivity contribution in [3.05, 3.63) is 178 Å². The molecule has 0 heterocycles. The molecule has 0 aliphatic rings. The SMILES string of the molecule is COC(=O)c1ccc(NC(=O)c2ccc(NC(=O)c3ccc(NC(=O)OC(C)(C)C)c(OCc4ccccc4)c3)c(OCc3ccc(F)cc3)c2)c(OCc2ccc(F)cc2)c1. The lowest BCUT2D eigenvalue weighted by molar-refractivity contribution is 0.0597. The second kappa shape index (κ2) is 20.0. The van der Waals surface area contributed by atoms with Crippen LogP contribution in [0.15, 0.2) is 133 Å². The molecule has 0 unspecified atom stereocenters. The van der Waals surface area contributed by atoms with Gasteiger partial charge in [-0.1, -0.05) is 54.6 Å². The maximum atomic E-state index is 13.9. The molecule has 3 N–H and O–H groups in total. The highest BCUT2D eigenvalue weighted by Crippen LogP contribution is 2.33. The Balaban J connectivity index is 1.26. The molecule has 0 saturated heterocycles. The van der Waals surface area contributed by atoms with Gasteiger partial charge in [0.2, 0.25) is 0 Å². The van der Waals surface area contributed by atoms with Gasteiger partial charge in [0, 0.05) is 11.1 Å². The van der Waals surface area contributed by atoms with Gasteiger partial charge in [-0.25, -0.2) is 18.4 Å². The van der Waals surface area contributed by atoms with Crippen molar-refractivity contribution in [3.8, 4) is 17.2 Å². The van der Waals surface area contributed by atoms with Crippen LogP contribution in [-0.2, 0) is 29.3 Å². The van der Waals surface area contributed by atoms with Gasteiger partial charge in [0.25, 0.3) is 11.8 Å². The molecule has 0 fully saturated rings. The van der Waals surface area contributed by atoms with E-state index >= 15 is 0 Å². The molecule has 0 radical (unpaired) electrons. The summed E-state index contributed by atoms with van der Waals surface area (Å²) in [6.45, 7) is 5.29. The molecule has 0 aromatic heterocycles. The van der Waals surface area contributed by atoms with Gasteiger partial charge in [0.1, 0.15) is 54.3 Å². The molecular formula is C48H43F2N3O9. The van der Waals surface area contributed by atoms with E-state index in [0.29, 0.717) is 11.1 Å². The summed E-state index contributed by atoms with van der Waals surface area (Å²) >= 11 is 0. The Morgan fingerprint density at radius 3 is 1.31 bits per heavy atom. The van der Waals surface area contributed by atoms with Crippen molar-refractivity contribution in [3.63, 3.8) is 0 Å². The van der Waals surface area contributed by atoms with Crippen molar-refractivity contribution < 1.29 is 51.6 Å². The Morgan fingerprint density at radius 2 is 0.887 bits per heavy atom. The van der Waals surface area contributed by atoms with E-state index in [0.717, 1.165) is 5.56 Å². The van der Waals surface area contributed by atoms with Crippen molar-refractivity contribution >= 4 is 40.9 Å². The van der Waals surface area contributed by atoms with Gasteiger partial charge in [-0.05, 0) is 116 Å². The summed E-state index contributed by atoms with van der Waals surface area (Å²) in [4.78, 5) is 52.8. The maximum absolute atomic E-state index is 13.9. The van der Waals surface area contributed by atoms with E-state index in [9.17, 15) is 28.0 Å². The number of methoxy groups -OCH3 is 1. The van der Waals surface area contributed by atoms with E-state index in [2.05, 4.69) is 16.0 Å². The van der Waals surface area contributed by atoms with Gasteiger partial charge in [-0.3, -0.25) is 14.9 Å². The fraction of sp³-hybridized carbons (Fsp3) is 0.167. The number of hydrogen-bond acceptors (Lipinski definition) is 9. The molecule has 0 spiro atoms. The molecule has 6 rings (SSSR count). The third kappa shape index (κ3) is 12.4. The summed E-state index contributed by atoms with van der Waals surface area (Å²) in [6.07, 6.45) is -0.710. The molecule has 12 nitrogen and oxygen atoms in total. The molecule has 6 aromatic rings. The fourth-order valence-corrected chi connectivity index (χ4v) is 5.78. The van der Waals surface area contributed by atoms with E-state index in [1.807, 2.05) is 30.3 Å². The predicted octanol–water partition coefficient (Wildman–Crippen LogP) is 10.3. The normalized spacial score (nSPS) is 10.9. The second-order valence-electron chi connectivity index (χ2n) is 14.8. The summed E-state index contributed by atoms with van der Waals surface area (Å²) in [5.74, 6) is -2.19. The monoisotopic (exact) mass is 843 g/mol. The Labute approximate surface area is 356 Å². The molecule has 0 bridgehead atoms. The Hall–Kier alpha value is -7.74. The molecule has 3 amide bonds. The number of rotatable bonds is 15. The summed E-state index contributed by atoms with van der Waals surface area (Å²) in [5.41, 5.74) is 2.47. The van der Waals surface area contributed by atoms with E-state index in [-0.39, 0.29) is 70.8 Å². The molecule has 0 aliphatic heterocycles.